The number of nitrogens with one attached hydrogen (secondary N) is 1. The fourth-order valence-corrected chi connectivity index (χ4v) is 2.41. The average Bonchev–Trinajstić information content (AvgIpc) is 2.32. The lowest BCUT2D eigenvalue weighted by atomic mass is 9.82. The van der Waals surface area contributed by atoms with Crippen LogP contribution in [0.5, 0.6) is 5.75 Å². The summed E-state index contributed by atoms with van der Waals surface area (Å²) in [6, 6.07) is 7.14. The Morgan fingerprint density at radius 3 is 2.88 bits per heavy atom. The van der Waals surface area contributed by atoms with Crippen molar-refractivity contribution in [3.05, 3.63) is 29.8 Å². The summed E-state index contributed by atoms with van der Waals surface area (Å²) >= 11 is 0. The maximum Gasteiger partial charge on any atom is 0.308 e. The molecular formula is C13H17NO3. The van der Waals surface area contributed by atoms with Crippen LogP contribution in [0, 0.1) is 11.8 Å². The van der Waals surface area contributed by atoms with Crippen molar-refractivity contribution < 1.29 is 15.0 Å². The molecule has 4 heteroatoms. The normalized spacial score (nSPS) is 24.5. The number of phenolic OH excluding ortho intramolecular Hbond substituents is 1. The van der Waals surface area contributed by atoms with Gasteiger partial charge in [0, 0.05) is 6.54 Å². The summed E-state index contributed by atoms with van der Waals surface area (Å²) in [6.45, 7) is 1.37. The number of piperidine rings is 1. The van der Waals surface area contributed by atoms with Crippen LogP contribution >= 0.6 is 0 Å². The van der Waals surface area contributed by atoms with Crippen molar-refractivity contribution in [1.82, 2.24) is 5.32 Å². The van der Waals surface area contributed by atoms with Crippen LogP contribution in [-0.4, -0.2) is 29.3 Å². The quantitative estimate of drug-likeness (QED) is 0.737. The van der Waals surface area contributed by atoms with E-state index in [9.17, 15) is 9.90 Å². The van der Waals surface area contributed by atoms with Gasteiger partial charge in [0.15, 0.2) is 0 Å². The minimum Gasteiger partial charge on any atom is -0.508 e. The van der Waals surface area contributed by atoms with Crippen molar-refractivity contribution in [2.45, 2.75) is 12.8 Å². The SMILES string of the molecule is O=C(O)C1CNCCC1Cc1ccccc1O. The van der Waals surface area contributed by atoms with Gasteiger partial charge < -0.3 is 15.5 Å². The first-order valence-electron chi connectivity index (χ1n) is 5.89. The van der Waals surface area contributed by atoms with E-state index >= 15 is 0 Å². The molecule has 0 aliphatic carbocycles. The highest BCUT2D eigenvalue weighted by Gasteiger charge is 2.31. The fraction of sp³-hybridized carbons (Fsp3) is 0.462. The summed E-state index contributed by atoms with van der Waals surface area (Å²) in [5, 5.41) is 22.0. The Morgan fingerprint density at radius 2 is 2.18 bits per heavy atom. The minimum absolute atomic E-state index is 0.0991. The van der Waals surface area contributed by atoms with Gasteiger partial charge in [0.1, 0.15) is 5.75 Å². The van der Waals surface area contributed by atoms with Gasteiger partial charge >= 0.3 is 5.97 Å². The number of aromatic hydroxyl groups is 1. The van der Waals surface area contributed by atoms with Gasteiger partial charge in [-0.2, -0.15) is 0 Å². The highest BCUT2D eigenvalue weighted by molar-refractivity contribution is 5.71. The lowest BCUT2D eigenvalue weighted by Crippen LogP contribution is -2.41. The Balaban J connectivity index is 2.11. The van der Waals surface area contributed by atoms with Crippen molar-refractivity contribution in [2.24, 2.45) is 11.8 Å². The van der Waals surface area contributed by atoms with E-state index in [-0.39, 0.29) is 17.6 Å². The Hall–Kier alpha value is -1.55. The molecule has 1 saturated heterocycles. The van der Waals surface area contributed by atoms with E-state index in [0.717, 1.165) is 18.5 Å². The zero-order chi connectivity index (χ0) is 12.3. The molecule has 0 saturated carbocycles. The van der Waals surface area contributed by atoms with E-state index in [1.165, 1.54) is 0 Å². The second-order valence-corrected chi connectivity index (χ2v) is 4.53. The van der Waals surface area contributed by atoms with Crippen molar-refractivity contribution >= 4 is 5.97 Å². The number of carbonyl (C=O) groups is 1. The molecule has 1 fully saturated rings. The molecule has 1 aromatic carbocycles. The van der Waals surface area contributed by atoms with E-state index in [2.05, 4.69) is 5.32 Å². The molecule has 1 aromatic rings. The number of rotatable bonds is 3. The highest BCUT2D eigenvalue weighted by atomic mass is 16.4. The summed E-state index contributed by atoms with van der Waals surface area (Å²) in [5.74, 6) is -0.752. The Morgan fingerprint density at radius 1 is 1.41 bits per heavy atom. The molecule has 92 valence electrons. The van der Waals surface area contributed by atoms with Gasteiger partial charge in [0.25, 0.3) is 0 Å². The van der Waals surface area contributed by atoms with Crippen molar-refractivity contribution in [3.63, 3.8) is 0 Å². The Kier molecular flexibility index (Phi) is 3.64. The lowest BCUT2D eigenvalue weighted by molar-refractivity contribution is -0.144. The highest BCUT2D eigenvalue weighted by Crippen LogP contribution is 2.27. The van der Waals surface area contributed by atoms with Gasteiger partial charge in [-0.3, -0.25) is 4.79 Å². The van der Waals surface area contributed by atoms with E-state index in [1.807, 2.05) is 12.1 Å². The first-order chi connectivity index (χ1) is 8.18. The monoisotopic (exact) mass is 235 g/mol. The van der Waals surface area contributed by atoms with Crippen LogP contribution in [-0.2, 0) is 11.2 Å². The van der Waals surface area contributed by atoms with E-state index < -0.39 is 5.97 Å². The van der Waals surface area contributed by atoms with Crippen LogP contribution in [0.3, 0.4) is 0 Å². The zero-order valence-corrected chi connectivity index (χ0v) is 9.60. The van der Waals surface area contributed by atoms with Gasteiger partial charge in [-0.1, -0.05) is 18.2 Å². The molecule has 0 radical (unpaired) electrons. The second-order valence-electron chi connectivity index (χ2n) is 4.53. The van der Waals surface area contributed by atoms with Gasteiger partial charge in [0.2, 0.25) is 0 Å². The third kappa shape index (κ3) is 2.77. The predicted molar refractivity (Wildman–Crippen MR) is 63.9 cm³/mol. The molecule has 0 amide bonds. The third-order valence-electron chi connectivity index (χ3n) is 3.42. The third-order valence-corrected chi connectivity index (χ3v) is 3.42. The number of aliphatic carboxylic acids is 1. The Labute approximate surface area is 100 Å². The number of phenols is 1. The van der Waals surface area contributed by atoms with Crippen LogP contribution in [0.1, 0.15) is 12.0 Å². The summed E-state index contributed by atoms with van der Waals surface area (Å²) in [7, 11) is 0. The molecule has 17 heavy (non-hydrogen) atoms. The fourth-order valence-electron chi connectivity index (χ4n) is 2.41. The lowest BCUT2D eigenvalue weighted by Gasteiger charge is -2.29. The molecule has 1 aliphatic rings. The zero-order valence-electron chi connectivity index (χ0n) is 9.60. The molecule has 2 rings (SSSR count). The van der Waals surface area contributed by atoms with E-state index in [0.29, 0.717) is 13.0 Å². The van der Waals surface area contributed by atoms with Crippen molar-refractivity contribution in [2.75, 3.05) is 13.1 Å². The standard InChI is InChI=1S/C13H17NO3/c15-12-4-2-1-3-10(12)7-9-5-6-14-8-11(9)13(16)17/h1-4,9,11,14-15H,5-8H2,(H,16,17). The average molecular weight is 235 g/mol. The molecule has 2 atom stereocenters. The van der Waals surface area contributed by atoms with Crippen molar-refractivity contribution in [1.29, 1.82) is 0 Å². The summed E-state index contributed by atoms with van der Waals surface area (Å²) in [6.07, 6.45) is 1.47. The Bertz CT molecular complexity index is 405. The molecular weight excluding hydrogens is 218 g/mol. The molecule has 1 heterocycles. The maximum absolute atomic E-state index is 11.1. The van der Waals surface area contributed by atoms with Crippen LogP contribution in [0.25, 0.3) is 0 Å². The molecule has 3 N–H and O–H groups in total. The molecule has 0 spiro atoms. The van der Waals surface area contributed by atoms with Gasteiger partial charge in [0.05, 0.1) is 5.92 Å². The molecule has 4 nitrogen and oxygen atoms in total. The predicted octanol–water partition coefficient (Wildman–Crippen LogP) is 1.24. The van der Waals surface area contributed by atoms with Crippen molar-refractivity contribution in [3.8, 4) is 5.75 Å². The molecule has 0 aromatic heterocycles. The first kappa shape index (κ1) is 11.9. The summed E-state index contributed by atoms with van der Waals surface area (Å²) in [4.78, 5) is 11.1. The maximum atomic E-state index is 11.1. The molecule has 1 aliphatic heterocycles. The smallest absolute Gasteiger partial charge is 0.308 e. The van der Waals surface area contributed by atoms with Crippen LogP contribution < -0.4 is 5.32 Å². The summed E-state index contributed by atoms with van der Waals surface area (Å²) < 4.78 is 0. The number of hydrogen-bond acceptors (Lipinski definition) is 3. The molecule has 2 unspecified atom stereocenters. The number of benzene rings is 1. The van der Waals surface area contributed by atoms with Crippen LogP contribution in [0.2, 0.25) is 0 Å². The van der Waals surface area contributed by atoms with E-state index in [4.69, 9.17) is 5.11 Å². The number of para-hydroxylation sites is 1. The largest absolute Gasteiger partial charge is 0.508 e. The van der Waals surface area contributed by atoms with Gasteiger partial charge in [-0.25, -0.2) is 0 Å². The summed E-state index contributed by atoms with van der Waals surface area (Å²) in [5.41, 5.74) is 0.839. The van der Waals surface area contributed by atoms with Crippen LogP contribution in [0.4, 0.5) is 0 Å². The number of carboxylic acid groups (broad SMARTS) is 1. The van der Waals surface area contributed by atoms with Crippen LogP contribution in [0.15, 0.2) is 24.3 Å². The molecule has 0 bridgehead atoms. The topological polar surface area (TPSA) is 69.6 Å². The van der Waals surface area contributed by atoms with Gasteiger partial charge in [-0.15, -0.1) is 0 Å². The second kappa shape index (κ2) is 5.19. The number of carboxylic acids is 1. The van der Waals surface area contributed by atoms with Gasteiger partial charge in [-0.05, 0) is 36.9 Å². The number of hydrogen-bond donors (Lipinski definition) is 3. The minimum atomic E-state index is -0.752. The first-order valence-corrected chi connectivity index (χ1v) is 5.89. The van der Waals surface area contributed by atoms with E-state index in [1.54, 1.807) is 12.1 Å².